The van der Waals surface area contributed by atoms with Gasteiger partial charge >= 0.3 is 0 Å². The monoisotopic (exact) mass is 491 g/mol. The Morgan fingerprint density at radius 1 is 0.939 bits per heavy atom. The fraction of sp³-hybridized carbons (Fsp3) is 0.0909. The molecule has 0 fully saturated rings. The number of hydrogen-bond donors (Lipinski definition) is 3. The molecule has 3 rings (SSSR count). The lowest BCUT2D eigenvalue weighted by molar-refractivity contribution is -0.114. The van der Waals surface area contributed by atoms with Gasteiger partial charge in [-0.3, -0.25) is 14.3 Å². The van der Waals surface area contributed by atoms with Crippen molar-refractivity contribution in [2.24, 2.45) is 0 Å². The second-order valence-electron chi connectivity index (χ2n) is 6.81. The molecule has 0 spiro atoms. The van der Waals surface area contributed by atoms with Gasteiger partial charge in [0.1, 0.15) is 16.5 Å². The average Bonchev–Trinajstić information content (AvgIpc) is 2.75. The number of ether oxygens (including phenoxy) is 1. The summed E-state index contributed by atoms with van der Waals surface area (Å²) in [6.07, 6.45) is 0. The third-order valence-corrected chi connectivity index (χ3v) is 6.21. The highest BCUT2D eigenvalue weighted by Gasteiger charge is 2.21. The van der Waals surface area contributed by atoms with Crippen molar-refractivity contribution >= 4 is 50.5 Å². The van der Waals surface area contributed by atoms with Gasteiger partial charge in [-0.15, -0.1) is 0 Å². The lowest BCUT2D eigenvalue weighted by Gasteiger charge is -2.13. The van der Waals surface area contributed by atoms with Crippen LogP contribution in [0.2, 0.25) is 5.02 Å². The molecule has 33 heavy (non-hydrogen) atoms. The number of carbonyl (C=O) groups excluding carboxylic acids is 2. The van der Waals surface area contributed by atoms with Crippen LogP contribution in [0.25, 0.3) is 0 Å². The molecule has 0 atom stereocenters. The topological polar surface area (TPSA) is 114 Å². The van der Waals surface area contributed by atoms with Gasteiger partial charge < -0.3 is 15.4 Å². The fourth-order valence-electron chi connectivity index (χ4n) is 2.85. The van der Waals surface area contributed by atoms with E-state index in [1.165, 1.54) is 44.4 Å². The average molecular weight is 492 g/mol. The number of rotatable bonds is 7. The van der Waals surface area contributed by atoms with Crippen molar-refractivity contribution in [3.8, 4) is 5.75 Å². The molecule has 0 radical (unpaired) electrons. The normalized spacial score (nSPS) is 10.9. The van der Waals surface area contributed by atoms with Crippen LogP contribution in [-0.2, 0) is 14.8 Å². The smallest absolute Gasteiger partial charge is 0.263 e. The van der Waals surface area contributed by atoms with E-state index >= 15 is 0 Å². The molecule has 0 saturated carbocycles. The Balaban J connectivity index is 1.86. The third-order valence-electron chi connectivity index (χ3n) is 4.35. The van der Waals surface area contributed by atoms with Crippen LogP contribution < -0.4 is 20.1 Å². The number of carbonyl (C=O) groups is 2. The van der Waals surface area contributed by atoms with Gasteiger partial charge in [0.15, 0.2) is 0 Å². The number of hydrogen-bond acceptors (Lipinski definition) is 5. The minimum Gasteiger partial charge on any atom is -0.495 e. The van der Waals surface area contributed by atoms with Crippen molar-refractivity contribution in [3.63, 3.8) is 0 Å². The molecule has 0 aliphatic rings. The van der Waals surface area contributed by atoms with E-state index in [0.717, 1.165) is 18.2 Å². The van der Waals surface area contributed by atoms with Gasteiger partial charge in [-0.05, 0) is 60.7 Å². The molecule has 0 aliphatic heterocycles. The Morgan fingerprint density at radius 2 is 1.61 bits per heavy atom. The zero-order valence-electron chi connectivity index (χ0n) is 17.5. The Morgan fingerprint density at radius 3 is 2.24 bits per heavy atom. The maximum absolute atomic E-state index is 13.1. The summed E-state index contributed by atoms with van der Waals surface area (Å²) in [7, 11) is -2.72. The summed E-state index contributed by atoms with van der Waals surface area (Å²) in [5.74, 6) is -1.05. The van der Waals surface area contributed by atoms with E-state index < -0.39 is 21.7 Å². The molecular weight excluding hydrogens is 473 g/mol. The molecule has 0 aliphatic carbocycles. The van der Waals surface area contributed by atoms with Gasteiger partial charge in [0, 0.05) is 23.9 Å². The van der Waals surface area contributed by atoms with Gasteiger partial charge in [-0.25, -0.2) is 12.8 Å². The van der Waals surface area contributed by atoms with Crippen LogP contribution in [0.4, 0.5) is 21.5 Å². The number of methoxy groups -OCH3 is 1. The predicted octanol–water partition coefficient (Wildman–Crippen LogP) is 4.50. The second-order valence-corrected chi connectivity index (χ2v) is 8.87. The van der Waals surface area contributed by atoms with Crippen molar-refractivity contribution < 1.29 is 27.1 Å². The summed E-state index contributed by atoms with van der Waals surface area (Å²) in [5.41, 5.74) is 0.848. The molecule has 0 unspecified atom stereocenters. The minimum absolute atomic E-state index is 0.0239. The van der Waals surface area contributed by atoms with E-state index in [4.69, 9.17) is 16.3 Å². The molecule has 172 valence electrons. The quantitative estimate of drug-likeness (QED) is 0.450. The van der Waals surface area contributed by atoms with Crippen LogP contribution in [0.1, 0.15) is 17.3 Å². The zero-order chi connectivity index (χ0) is 24.2. The van der Waals surface area contributed by atoms with Crippen molar-refractivity contribution in [1.29, 1.82) is 0 Å². The number of anilines is 3. The van der Waals surface area contributed by atoms with Crippen LogP contribution in [0, 0.1) is 5.82 Å². The van der Waals surface area contributed by atoms with Gasteiger partial charge in [0.25, 0.3) is 15.9 Å². The summed E-state index contributed by atoms with van der Waals surface area (Å²) in [6.45, 7) is 1.33. The molecular formula is C22H19ClFN3O5S. The van der Waals surface area contributed by atoms with Crippen molar-refractivity contribution in [2.75, 3.05) is 22.5 Å². The molecule has 0 heterocycles. The van der Waals surface area contributed by atoms with Crippen LogP contribution in [0.5, 0.6) is 5.75 Å². The molecule has 0 saturated heterocycles. The van der Waals surface area contributed by atoms with Gasteiger partial charge in [-0.2, -0.15) is 0 Å². The fourth-order valence-corrected chi connectivity index (χ4v) is 4.44. The first-order valence-electron chi connectivity index (χ1n) is 9.44. The van der Waals surface area contributed by atoms with E-state index in [-0.39, 0.29) is 27.1 Å². The first kappa shape index (κ1) is 24.0. The lowest BCUT2D eigenvalue weighted by Crippen LogP contribution is -2.16. The highest BCUT2D eigenvalue weighted by Crippen LogP contribution is 2.29. The lowest BCUT2D eigenvalue weighted by atomic mass is 10.2. The Labute approximate surface area is 194 Å². The zero-order valence-corrected chi connectivity index (χ0v) is 19.1. The van der Waals surface area contributed by atoms with E-state index in [2.05, 4.69) is 15.4 Å². The highest BCUT2D eigenvalue weighted by molar-refractivity contribution is 7.92. The molecule has 3 aromatic carbocycles. The van der Waals surface area contributed by atoms with E-state index in [1.807, 2.05) is 0 Å². The number of nitrogens with one attached hydrogen (secondary N) is 3. The summed E-state index contributed by atoms with van der Waals surface area (Å²) in [4.78, 5) is 23.8. The Kier molecular flexibility index (Phi) is 7.19. The van der Waals surface area contributed by atoms with Crippen molar-refractivity contribution in [2.45, 2.75) is 11.8 Å². The maximum Gasteiger partial charge on any atom is 0.263 e. The second kappa shape index (κ2) is 9.88. The van der Waals surface area contributed by atoms with E-state index in [1.54, 1.807) is 12.1 Å². The standard InChI is InChI=1S/C22H19ClFN3O5S/c1-13(28)25-19-12-17(8-10-20(19)32-2)26-22(29)14-3-9-18(23)21(11-14)33(30,31)27-16-6-4-15(24)5-7-16/h3-12,27H,1-2H3,(H,25,28)(H,26,29). The molecule has 11 heteroatoms. The first-order chi connectivity index (χ1) is 15.6. The van der Waals surface area contributed by atoms with E-state index in [0.29, 0.717) is 17.1 Å². The largest absolute Gasteiger partial charge is 0.495 e. The summed E-state index contributed by atoms with van der Waals surface area (Å²) in [6, 6.07) is 13.1. The Hall–Kier alpha value is -3.63. The Bertz CT molecular complexity index is 1310. The SMILES string of the molecule is COc1ccc(NC(=O)c2ccc(Cl)c(S(=O)(=O)Nc3ccc(F)cc3)c2)cc1NC(C)=O. The van der Waals surface area contributed by atoms with Gasteiger partial charge in [-0.1, -0.05) is 11.6 Å². The van der Waals surface area contributed by atoms with Crippen LogP contribution in [0.3, 0.4) is 0 Å². The van der Waals surface area contributed by atoms with Gasteiger partial charge in [0.05, 0.1) is 17.8 Å². The summed E-state index contributed by atoms with van der Waals surface area (Å²) < 4.78 is 46.1. The van der Waals surface area contributed by atoms with Crippen LogP contribution in [-0.4, -0.2) is 27.3 Å². The van der Waals surface area contributed by atoms with Gasteiger partial charge in [0.2, 0.25) is 5.91 Å². The van der Waals surface area contributed by atoms with Crippen molar-refractivity contribution in [1.82, 2.24) is 0 Å². The molecule has 2 amide bonds. The maximum atomic E-state index is 13.1. The number of benzene rings is 3. The van der Waals surface area contributed by atoms with Crippen LogP contribution >= 0.6 is 11.6 Å². The van der Waals surface area contributed by atoms with Crippen LogP contribution in [0.15, 0.2) is 65.6 Å². The highest BCUT2D eigenvalue weighted by atomic mass is 35.5. The molecule has 0 bridgehead atoms. The first-order valence-corrected chi connectivity index (χ1v) is 11.3. The molecule has 3 N–H and O–H groups in total. The predicted molar refractivity (Wildman–Crippen MR) is 124 cm³/mol. The summed E-state index contributed by atoms with van der Waals surface area (Å²) >= 11 is 6.07. The number of sulfonamides is 1. The molecule has 0 aromatic heterocycles. The number of halogens is 2. The number of amides is 2. The molecule has 3 aromatic rings. The molecule has 8 nitrogen and oxygen atoms in total. The summed E-state index contributed by atoms with van der Waals surface area (Å²) in [5, 5.41) is 5.13. The third kappa shape index (κ3) is 5.99. The van der Waals surface area contributed by atoms with Crippen molar-refractivity contribution in [3.05, 3.63) is 77.1 Å². The minimum atomic E-state index is -4.16. The van der Waals surface area contributed by atoms with E-state index in [9.17, 15) is 22.4 Å².